The zero-order valence-electron chi connectivity index (χ0n) is 21.9. The quantitative estimate of drug-likeness (QED) is 0.381. The van der Waals surface area contributed by atoms with Crippen molar-refractivity contribution in [3.8, 4) is 11.1 Å². The van der Waals surface area contributed by atoms with Crippen LogP contribution in [0.4, 0.5) is 11.6 Å². The number of fused-ring (bicyclic) bond motifs is 1. The fourth-order valence-corrected chi connectivity index (χ4v) is 4.70. The summed E-state index contributed by atoms with van der Waals surface area (Å²) in [5.74, 6) is 2.57. The van der Waals surface area contributed by atoms with Crippen molar-refractivity contribution in [1.29, 1.82) is 0 Å². The second-order valence-corrected chi connectivity index (χ2v) is 10.5. The first-order valence-corrected chi connectivity index (χ1v) is 13.0. The molecule has 4 aromatic heterocycles. The van der Waals surface area contributed by atoms with E-state index in [4.69, 9.17) is 4.98 Å². The maximum atomic E-state index is 12.3. The van der Waals surface area contributed by atoms with Crippen molar-refractivity contribution in [3.63, 3.8) is 0 Å². The maximum Gasteiger partial charge on any atom is 0.225 e. The van der Waals surface area contributed by atoms with Gasteiger partial charge >= 0.3 is 0 Å². The van der Waals surface area contributed by atoms with Gasteiger partial charge < -0.3 is 10.2 Å². The Kier molecular flexibility index (Phi) is 7.12. The van der Waals surface area contributed by atoms with Crippen LogP contribution in [0.25, 0.3) is 22.2 Å². The van der Waals surface area contributed by atoms with E-state index in [1.807, 2.05) is 60.1 Å². The van der Waals surface area contributed by atoms with Crippen LogP contribution in [0.15, 0.2) is 49.1 Å². The second kappa shape index (κ2) is 10.6. The first-order valence-electron chi connectivity index (χ1n) is 13.0. The third kappa shape index (κ3) is 5.76. The summed E-state index contributed by atoms with van der Waals surface area (Å²) >= 11 is 0. The summed E-state index contributed by atoms with van der Waals surface area (Å²) < 4.78 is 2.01. The van der Waals surface area contributed by atoms with Crippen LogP contribution >= 0.6 is 0 Å². The van der Waals surface area contributed by atoms with E-state index < -0.39 is 0 Å². The summed E-state index contributed by atoms with van der Waals surface area (Å²) in [4.78, 5) is 23.6. The average molecular weight is 499 g/mol. The molecule has 1 amide bonds. The number of anilines is 2. The number of amides is 1. The van der Waals surface area contributed by atoms with Crippen LogP contribution in [0.2, 0.25) is 0 Å². The number of nitrogens with zero attached hydrogens (tertiary/aromatic N) is 7. The average Bonchev–Trinajstić information content (AvgIpc) is 3.37. The number of carbonyl (C=O) groups is 1. The Bertz CT molecular complexity index is 1390. The van der Waals surface area contributed by atoms with Gasteiger partial charge in [0.25, 0.3) is 0 Å². The van der Waals surface area contributed by atoms with E-state index in [1.54, 1.807) is 6.20 Å². The molecule has 5 heterocycles. The molecule has 5 rings (SSSR count). The van der Waals surface area contributed by atoms with Gasteiger partial charge in [0.15, 0.2) is 5.82 Å². The number of pyridine rings is 2. The van der Waals surface area contributed by atoms with Crippen LogP contribution in [0.3, 0.4) is 0 Å². The molecule has 0 unspecified atom stereocenters. The highest BCUT2D eigenvalue weighted by molar-refractivity contribution is 5.81. The lowest BCUT2D eigenvalue weighted by molar-refractivity contribution is -0.135. The van der Waals surface area contributed by atoms with E-state index >= 15 is 0 Å². The van der Waals surface area contributed by atoms with Gasteiger partial charge in [-0.1, -0.05) is 27.7 Å². The van der Waals surface area contributed by atoms with Crippen LogP contribution in [0.5, 0.6) is 0 Å². The van der Waals surface area contributed by atoms with Crippen LogP contribution in [0, 0.1) is 11.8 Å². The number of hydrogen-bond acceptors (Lipinski definition) is 7. The smallest absolute Gasteiger partial charge is 0.225 e. The summed E-state index contributed by atoms with van der Waals surface area (Å²) in [6, 6.07) is 7.89. The van der Waals surface area contributed by atoms with Crippen LogP contribution in [0.1, 0.15) is 52.0 Å². The minimum Gasteiger partial charge on any atom is -0.342 e. The normalized spacial score (nSPS) is 14.6. The molecule has 1 aliphatic rings. The number of carbonyl (C=O) groups excluding carboxylic acids is 1. The fourth-order valence-electron chi connectivity index (χ4n) is 4.70. The van der Waals surface area contributed by atoms with Gasteiger partial charge in [-0.15, -0.1) is 5.10 Å². The summed E-state index contributed by atoms with van der Waals surface area (Å²) in [6.07, 6.45) is 9.63. The summed E-state index contributed by atoms with van der Waals surface area (Å²) in [5, 5.41) is 16.2. The minimum atomic E-state index is 0.0619. The van der Waals surface area contributed by atoms with Crippen LogP contribution in [-0.2, 0) is 11.3 Å². The lowest BCUT2D eigenvalue weighted by Gasteiger charge is -2.33. The Morgan fingerprint density at radius 1 is 1.00 bits per heavy atom. The Hall–Kier alpha value is -3.88. The molecular formula is C28H34N8O. The molecule has 0 aromatic carbocycles. The van der Waals surface area contributed by atoms with Gasteiger partial charge in [0.2, 0.25) is 5.91 Å². The van der Waals surface area contributed by atoms with Gasteiger partial charge in [-0.05, 0) is 54.5 Å². The molecule has 0 radical (unpaired) electrons. The molecule has 0 bridgehead atoms. The van der Waals surface area contributed by atoms with Crippen molar-refractivity contribution in [2.45, 2.75) is 53.0 Å². The first kappa shape index (κ1) is 24.8. The molecule has 9 heteroatoms. The molecule has 192 valence electrons. The highest BCUT2D eigenvalue weighted by Crippen LogP contribution is 2.25. The van der Waals surface area contributed by atoms with Crippen LogP contribution in [-0.4, -0.2) is 53.8 Å². The van der Waals surface area contributed by atoms with E-state index in [0.29, 0.717) is 23.5 Å². The number of rotatable bonds is 7. The lowest BCUT2D eigenvalue weighted by atomic mass is 9.96. The summed E-state index contributed by atoms with van der Waals surface area (Å²) in [6.45, 7) is 10.7. The highest BCUT2D eigenvalue weighted by Gasteiger charge is 2.24. The van der Waals surface area contributed by atoms with Gasteiger partial charge in [-0.3, -0.25) is 14.5 Å². The maximum absolute atomic E-state index is 12.3. The van der Waals surface area contributed by atoms with Crippen molar-refractivity contribution in [2.75, 3.05) is 18.4 Å². The Morgan fingerprint density at radius 3 is 2.57 bits per heavy atom. The van der Waals surface area contributed by atoms with Gasteiger partial charge in [0.1, 0.15) is 5.82 Å². The first-order chi connectivity index (χ1) is 17.9. The fraction of sp³-hybridized carbons (Fsp3) is 0.429. The summed E-state index contributed by atoms with van der Waals surface area (Å²) in [5.41, 5.74) is 4.73. The van der Waals surface area contributed by atoms with E-state index in [2.05, 4.69) is 45.6 Å². The monoisotopic (exact) mass is 498 g/mol. The molecule has 1 saturated heterocycles. The number of aromatic nitrogens is 6. The molecule has 0 spiro atoms. The van der Waals surface area contributed by atoms with Crippen molar-refractivity contribution < 1.29 is 4.79 Å². The van der Waals surface area contributed by atoms with Gasteiger partial charge in [-0.2, -0.15) is 10.2 Å². The zero-order valence-corrected chi connectivity index (χ0v) is 21.9. The number of hydrogen-bond donors (Lipinski definition) is 1. The number of nitrogens with one attached hydrogen (secondary N) is 1. The lowest BCUT2D eigenvalue weighted by Crippen LogP contribution is -2.41. The van der Waals surface area contributed by atoms with Crippen molar-refractivity contribution in [2.24, 2.45) is 11.8 Å². The standard InChI is InChI=1S/C28H34N8O/c1-18(2)21-12-27(34-30-14-21)33-26-6-5-24-25(32-26)11-22(13-29-24)23-15-31-36(17-23)16-20-7-9-35(10-8-20)28(37)19(3)4/h5-6,11-15,17-20H,7-10,16H2,1-4H3,(H,32,33,34). The van der Waals surface area contributed by atoms with E-state index in [1.165, 1.54) is 0 Å². The van der Waals surface area contributed by atoms with Crippen molar-refractivity contribution >= 4 is 28.6 Å². The third-order valence-corrected chi connectivity index (χ3v) is 6.97. The third-order valence-electron chi connectivity index (χ3n) is 6.97. The largest absolute Gasteiger partial charge is 0.342 e. The number of piperidine rings is 1. The molecule has 37 heavy (non-hydrogen) atoms. The molecule has 1 fully saturated rings. The predicted molar refractivity (Wildman–Crippen MR) is 144 cm³/mol. The predicted octanol–water partition coefficient (Wildman–Crippen LogP) is 5.04. The van der Waals surface area contributed by atoms with Gasteiger partial charge in [-0.25, -0.2) is 4.98 Å². The Balaban J connectivity index is 1.27. The van der Waals surface area contributed by atoms with Crippen LogP contribution < -0.4 is 5.32 Å². The van der Waals surface area contributed by atoms with E-state index in [9.17, 15) is 4.79 Å². The van der Waals surface area contributed by atoms with Gasteiger partial charge in [0, 0.05) is 49.1 Å². The minimum absolute atomic E-state index is 0.0619. The van der Waals surface area contributed by atoms with E-state index in [0.717, 1.165) is 60.2 Å². The molecule has 1 N–H and O–H groups in total. The van der Waals surface area contributed by atoms with Crippen molar-refractivity contribution in [3.05, 3.63) is 54.6 Å². The molecule has 9 nitrogen and oxygen atoms in total. The SMILES string of the molecule is CC(C)C(=O)N1CCC(Cn2cc(-c3cnc4ccc(Nc5cc(C(C)C)cnn5)nc4c3)cn2)CC1. The van der Waals surface area contributed by atoms with E-state index in [-0.39, 0.29) is 11.8 Å². The molecule has 0 saturated carbocycles. The Labute approximate surface area is 217 Å². The number of likely N-dealkylation sites (tertiary alicyclic amines) is 1. The topological polar surface area (TPSA) is 102 Å². The highest BCUT2D eigenvalue weighted by atomic mass is 16.2. The van der Waals surface area contributed by atoms with Gasteiger partial charge in [0.05, 0.1) is 23.4 Å². The molecular weight excluding hydrogens is 464 g/mol. The molecule has 0 aliphatic carbocycles. The zero-order chi connectivity index (χ0) is 25.9. The summed E-state index contributed by atoms with van der Waals surface area (Å²) in [7, 11) is 0. The second-order valence-electron chi connectivity index (χ2n) is 10.5. The Morgan fingerprint density at radius 2 is 1.81 bits per heavy atom. The molecule has 1 aliphatic heterocycles. The van der Waals surface area contributed by atoms with Crippen molar-refractivity contribution in [1.82, 2.24) is 34.8 Å². The molecule has 4 aromatic rings. The molecule has 0 atom stereocenters.